The topological polar surface area (TPSA) is 66.8 Å². The third-order valence-electron chi connectivity index (χ3n) is 3.57. The summed E-state index contributed by atoms with van der Waals surface area (Å²) in [5.74, 6) is -2.63. The van der Waals surface area contributed by atoms with Crippen molar-refractivity contribution in [2.24, 2.45) is 5.92 Å². The van der Waals surface area contributed by atoms with Gasteiger partial charge in [0.05, 0.1) is 5.92 Å². The highest BCUT2D eigenvalue weighted by Gasteiger charge is 2.41. The lowest BCUT2D eigenvalue weighted by atomic mass is 9.89. The summed E-state index contributed by atoms with van der Waals surface area (Å²) in [5, 5.41) is 9.37. The van der Waals surface area contributed by atoms with E-state index in [9.17, 15) is 19.1 Å². The molecule has 5 nitrogen and oxygen atoms in total. The van der Waals surface area contributed by atoms with Crippen LogP contribution in [0.4, 0.5) is 9.18 Å². The van der Waals surface area contributed by atoms with E-state index < -0.39 is 35.3 Å². The van der Waals surface area contributed by atoms with Gasteiger partial charge < -0.3 is 14.7 Å². The number of aliphatic carboxylic acids is 1. The molecule has 0 unspecified atom stereocenters. The molecule has 1 amide bonds. The molecule has 1 saturated heterocycles. The van der Waals surface area contributed by atoms with Crippen LogP contribution in [-0.4, -0.2) is 40.8 Å². The van der Waals surface area contributed by atoms with Crippen molar-refractivity contribution in [1.82, 2.24) is 4.90 Å². The number of hydrogen-bond donors (Lipinski definition) is 1. The molecule has 1 aromatic rings. The molecule has 2 atom stereocenters. The van der Waals surface area contributed by atoms with Gasteiger partial charge in [-0.25, -0.2) is 9.18 Å². The van der Waals surface area contributed by atoms with Gasteiger partial charge in [0, 0.05) is 19.0 Å². The van der Waals surface area contributed by atoms with Crippen LogP contribution in [0.3, 0.4) is 0 Å². The predicted octanol–water partition coefficient (Wildman–Crippen LogP) is 2.86. The van der Waals surface area contributed by atoms with Crippen LogP contribution < -0.4 is 0 Å². The van der Waals surface area contributed by atoms with Crippen molar-refractivity contribution in [3.05, 3.63) is 35.6 Å². The van der Waals surface area contributed by atoms with E-state index in [2.05, 4.69) is 0 Å². The number of rotatable bonds is 2. The Labute approximate surface area is 128 Å². The molecule has 1 aliphatic heterocycles. The SMILES string of the molecule is CC(C)(C)OC(=O)N1C[C@H](C(=O)O)[C@@H](c2cccc(F)c2)C1. The third kappa shape index (κ3) is 3.75. The van der Waals surface area contributed by atoms with Crippen LogP contribution in [-0.2, 0) is 9.53 Å². The zero-order valence-corrected chi connectivity index (χ0v) is 12.9. The molecule has 0 saturated carbocycles. The van der Waals surface area contributed by atoms with Crippen LogP contribution in [0.5, 0.6) is 0 Å². The number of carbonyl (C=O) groups excluding carboxylic acids is 1. The molecule has 6 heteroatoms. The summed E-state index contributed by atoms with van der Waals surface area (Å²) < 4.78 is 18.7. The maximum absolute atomic E-state index is 13.4. The molecule has 0 radical (unpaired) electrons. The Morgan fingerprint density at radius 3 is 2.55 bits per heavy atom. The molecular weight excluding hydrogens is 289 g/mol. The van der Waals surface area contributed by atoms with Gasteiger partial charge in [-0.1, -0.05) is 12.1 Å². The van der Waals surface area contributed by atoms with Crippen LogP contribution in [0.1, 0.15) is 32.3 Å². The zero-order valence-electron chi connectivity index (χ0n) is 12.9. The number of benzene rings is 1. The second kappa shape index (κ2) is 5.94. The lowest BCUT2D eigenvalue weighted by Crippen LogP contribution is -2.35. The fraction of sp³-hybridized carbons (Fsp3) is 0.500. The molecule has 0 aromatic heterocycles. The molecule has 1 fully saturated rings. The van der Waals surface area contributed by atoms with Crippen molar-refractivity contribution in [2.75, 3.05) is 13.1 Å². The van der Waals surface area contributed by atoms with E-state index >= 15 is 0 Å². The highest BCUT2D eigenvalue weighted by Crippen LogP contribution is 2.34. The van der Waals surface area contributed by atoms with E-state index in [1.165, 1.54) is 17.0 Å². The van der Waals surface area contributed by atoms with E-state index in [0.717, 1.165) is 0 Å². The number of carbonyl (C=O) groups is 2. The van der Waals surface area contributed by atoms with Gasteiger partial charge in [0.2, 0.25) is 0 Å². The Morgan fingerprint density at radius 1 is 1.32 bits per heavy atom. The lowest BCUT2D eigenvalue weighted by Gasteiger charge is -2.24. The minimum atomic E-state index is -1.000. The number of nitrogens with zero attached hydrogens (tertiary/aromatic N) is 1. The van der Waals surface area contributed by atoms with Crippen LogP contribution in [0.25, 0.3) is 0 Å². The number of hydrogen-bond acceptors (Lipinski definition) is 3. The summed E-state index contributed by atoms with van der Waals surface area (Å²) >= 11 is 0. The monoisotopic (exact) mass is 309 g/mol. The molecule has 0 spiro atoms. The van der Waals surface area contributed by atoms with Crippen LogP contribution in [0.15, 0.2) is 24.3 Å². The fourth-order valence-corrected chi connectivity index (χ4v) is 2.60. The summed E-state index contributed by atoms with van der Waals surface area (Å²) in [6, 6.07) is 5.85. The standard InChI is InChI=1S/C16H20FNO4/c1-16(2,3)22-15(21)18-8-12(13(9-18)14(19)20)10-5-4-6-11(17)7-10/h4-7,12-13H,8-9H2,1-3H3,(H,19,20)/t12-,13+/m1/s1. The molecular formula is C16H20FNO4. The second-order valence-corrected chi connectivity index (χ2v) is 6.49. The summed E-state index contributed by atoms with van der Waals surface area (Å²) in [4.78, 5) is 24.9. The van der Waals surface area contributed by atoms with Crippen molar-refractivity contribution >= 4 is 12.1 Å². The van der Waals surface area contributed by atoms with E-state index in [0.29, 0.717) is 5.56 Å². The number of carboxylic acid groups (broad SMARTS) is 1. The Bertz CT molecular complexity index is 582. The van der Waals surface area contributed by atoms with Crippen LogP contribution in [0.2, 0.25) is 0 Å². The normalized spacial score (nSPS) is 21.7. The van der Waals surface area contributed by atoms with Gasteiger partial charge in [0.25, 0.3) is 0 Å². The van der Waals surface area contributed by atoms with E-state index in [-0.39, 0.29) is 13.1 Å². The van der Waals surface area contributed by atoms with Crippen molar-refractivity contribution in [3.8, 4) is 0 Å². The first-order valence-electron chi connectivity index (χ1n) is 7.13. The van der Waals surface area contributed by atoms with E-state index in [1.807, 2.05) is 0 Å². The zero-order chi connectivity index (χ0) is 16.5. The quantitative estimate of drug-likeness (QED) is 0.912. The molecule has 0 bridgehead atoms. The Hall–Kier alpha value is -2.11. The molecule has 0 aliphatic carbocycles. The third-order valence-corrected chi connectivity index (χ3v) is 3.57. The van der Waals surface area contributed by atoms with E-state index in [4.69, 9.17) is 4.74 Å². The summed E-state index contributed by atoms with van der Waals surface area (Å²) in [6.45, 7) is 5.51. The van der Waals surface area contributed by atoms with Crippen molar-refractivity contribution in [3.63, 3.8) is 0 Å². The highest BCUT2D eigenvalue weighted by atomic mass is 19.1. The maximum atomic E-state index is 13.4. The molecule has 2 rings (SSSR count). The molecule has 1 aromatic carbocycles. The molecule has 1 heterocycles. The molecule has 22 heavy (non-hydrogen) atoms. The average Bonchev–Trinajstić information content (AvgIpc) is 2.82. The maximum Gasteiger partial charge on any atom is 0.410 e. The van der Waals surface area contributed by atoms with Gasteiger partial charge >= 0.3 is 12.1 Å². The molecule has 1 N–H and O–H groups in total. The largest absolute Gasteiger partial charge is 0.481 e. The van der Waals surface area contributed by atoms with Gasteiger partial charge in [-0.2, -0.15) is 0 Å². The predicted molar refractivity (Wildman–Crippen MR) is 78.1 cm³/mol. The van der Waals surface area contributed by atoms with Crippen LogP contribution in [0, 0.1) is 11.7 Å². The average molecular weight is 309 g/mol. The van der Waals surface area contributed by atoms with E-state index in [1.54, 1.807) is 32.9 Å². The van der Waals surface area contributed by atoms with Gasteiger partial charge in [0.1, 0.15) is 11.4 Å². The Balaban J connectivity index is 2.20. The highest BCUT2D eigenvalue weighted by molar-refractivity contribution is 5.75. The van der Waals surface area contributed by atoms with Gasteiger partial charge in [0.15, 0.2) is 0 Å². The Kier molecular flexibility index (Phi) is 4.39. The lowest BCUT2D eigenvalue weighted by molar-refractivity contribution is -0.141. The minimum Gasteiger partial charge on any atom is -0.481 e. The minimum absolute atomic E-state index is 0.0609. The van der Waals surface area contributed by atoms with Gasteiger partial charge in [-0.15, -0.1) is 0 Å². The summed E-state index contributed by atoms with van der Waals surface area (Å²) in [7, 11) is 0. The number of halogens is 1. The smallest absolute Gasteiger partial charge is 0.410 e. The van der Waals surface area contributed by atoms with Crippen molar-refractivity contribution in [1.29, 1.82) is 0 Å². The first-order valence-corrected chi connectivity index (χ1v) is 7.13. The number of ether oxygens (including phenoxy) is 1. The fourth-order valence-electron chi connectivity index (χ4n) is 2.60. The van der Waals surface area contributed by atoms with Crippen molar-refractivity contribution < 1.29 is 23.8 Å². The first kappa shape index (κ1) is 16.3. The van der Waals surface area contributed by atoms with Crippen LogP contribution >= 0.6 is 0 Å². The molecule has 1 aliphatic rings. The number of likely N-dealkylation sites (tertiary alicyclic amines) is 1. The summed E-state index contributed by atoms with van der Waals surface area (Å²) in [6.07, 6.45) is -0.544. The van der Waals surface area contributed by atoms with Gasteiger partial charge in [-0.3, -0.25) is 4.79 Å². The van der Waals surface area contributed by atoms with Crippen molar-refractivity contribution in [2.45, 2.75) is 32.3 Å². The van der Waals surface area contributed by atoms with Gasteiger partial charge in [-0.05, 0) is 38.5 Å². The second-order valence-electron chi connectivity index (χ2n) is 6.49. The number of amides is 1. The Morgan fingerprint density at radius 2 is 2.00 bits per heavy atom. The molecule has 120 valence electrons. The number of carboxylic acids is 1. The first-order chi connectivity index (χ1) is 10.2. The summed E-state index contributed by atoms with van der Waals surface area (Å²) in [5.41, 5.74) is -0.0642.